The summed E-state index contributed by atoms with van der Waals surface area (Å²) in [4.78, 5) is 18.0. The lowest BCUT2D eigenvalue weighted by Gasteiger charge is -2.15. The fourth-order valence-corrected chi connectivity index (χ4v) is 2.64. The SMILES string of the molecule is CC1CC1c1ccc(CN(C)C(=O)c2ccc(Br)cn2)o1. The van der Waals surface area contributed by atoms with Crippen LogP contribution in [0.1, 0.15) is 41.3 Å². The van der Waals surface area contributed by atoms with Crippen LogP contribution >= 0.6 is 15.9 Å². The number of carbonyl (C=O) groups excluding carboxylic acids is 1. The molecule has 2 unspecified atom stereocenters. The molecule has 0 radical (unpaired) electrons. The maximum atomic E-state index is 12.3. The van der Waals surface area contributed by atoms with Crippen LogP contribution in [0.5, 0.6) is 0 Å². The van der Waals surface area contributed by atoms with Crippen LogP contribution in [0.15, 0.2) is 39.4 Å². The van der Waals surface area contributed by atoms with E-state index in [1.54, 1.807) is 24.2 Å². The van der Waals surface area contributed by atoms with Gasteiger partial charge >= 0.3 is 0 Å². The zero-order valence-electron chi connectivity index (χ0n) is 12.0. The van der Waals surface area contributed by atoms with Crippen molar-refractivity contribution in [1.29, 1.82) is 0 Å². The molecular formula is C16H17BrN2O2. The normalized spacial score (nSPS) is 20.3. The monoisotopic (exact) mass is 348 g/mol. The Morgan fingerprint density at radius 3 is 2.81 bits per heavy atom. The van der Waals surface area contributed by atoms with Gasteiger partial charge in [-0.05, 0) is 52.5 Å². The lowest BCUT2D eigenvalue weighted by atomic mass is 10.3. The highest BCUT2D eigenvalue weighted by Crippen LogP contribution is 2.47. The molecule has 21 heavy (non-hydrogen) atoms. The number of pyridine rings is 1. The van der Waals surface area contributed by atoms with Gasteiger partial charge < -0.3 is 9.32 Å². The summed E-state index contributed by atoms with van der Waals surface area (Å²) in [5.41, 5.74) is 0.434. The second-order valence-corrected chi connectivity index (χ2v) is 6.56. The Kier molecular flexibility index (Phi) is 3.85. The molecule has 2 aromatic heterocycles. The third kappa shape index (κ3) is 3.18. The number of nitrogens with zero attached hydrogens (tertiary/aromatic N) is 2. The summed E-state index contributed by atoms with van der Waals surface area (Å²) < 4.78 is 6.69. The van der Waals surface area contributed by atoms with E-state index in [1.165, 1.54) is 6.42 Å². The van der Waals surface area contributed by atoms with Gasteiger partial charge in [-0.15, -0.1) is 0 Å². The number of hydrogen-bond acceptors (Lipinski definition) is 3. The number of furan rings is 1. The summed E-state index contributed by atoms with van der Waals surface area (Å²) in [5.74, 6) is 3.03. The molecule has 2 heterocycles. The summed E-state index contributed by atoms with van der Waals surface area (Å²) in [6, 6.07) is 7.51. The summed E-state index contributed by atoms with van der Waals surface area (Å²) in [6.07, 6.45) is 2.82. The van der Waals surface area contributed by atoms with Crippen molar-refractivity contribution in [3.63, 3.8) is 0 Å². The minimum absolute atomic E-state index is 0.111. The van der Waals surface area contributed by atoms with Crippen molar-refractivity contribution in [2.24, 2.45) is 5.92 Å². The summed E-state index contributed by atoms with van der Waals surface area (Å²) in [6.45, 7) is 2.68. The summed E-state index contributed by atoms with van der Waals surface area (Å²) >= 11 is 3.31. The fourth-order valence-electron chi connectivity index (χ4n) is 2.40. The molecule has 0 saturated heterocycles. The molecule has 2 aromatic rings. The van der Waals surface area contributed by atoms with Gasteiger partial charge in [-0.1, -0.05) is 6.92 Å². The van der Waals surface area contributed by atoms with Crippen LogP contribution in [0.2, 0.25) is 0 Å². The minimum Gasteiger partial charge on any atom is -0.464 e. The summed E-state index contributed by atoms with van der Waals surface area (Å²) in [5, 5.41) is 0. The van der Waals surface area contributed by atoms with Crippen LogP contribution in [-0.2, 0) is 6.54 Å². The van der Waals surface area contributed by atoms with E-state index in [4.69, 9.17) is 4.42 Å². The highest BCUT2D eigenvalue weighted by atomic mass is 79.9. The second kappa shape index (κ2) is 5.64. The maximum Gasteiger partial charge on any atom is 0.272 e. The van der Waals surface area contributed by atoms with Gasteiger partial charge in [-0.3, -0.25) is 4.79 Å². The number of amides is 1. The summed E-state index contributed by atoms with van der Waals surface area (Å²) in [7, 11) is 1.76. The number of hydrogen-bond donors (Lipinski definition) is 0. The molecule has 1 aliphatic rings. The zero-order valence-corrected chi connectivity index (χ0v) is 13.6. The van der Waals surface area contributed by atoms with E-state index in [2.05, 4.69) is 27.8 Å². The predicted octanol–water partition coefficient (Wildman–Crippen LogP) is 3.83. The average molecular weight is 349 g/mol. The molecule has 2 atom stereocenters. The first-order valence-electron chi connectivity index (χ1n) is 7.00. The molecule has 1 amide bonds. The van der Waals surface area contributed by atoms with E-state index in [0.717, 1.165) is 21.9 Å². The van der Waals surface area contributed by atoms with Gasteiger partial charge in [-0.2, -0.15) is 0 Å². The fraction of sp³-hybridized carbons (Fsp3) is 0.375. The van der Waals surface area contributed by atoms with E-state index in [1.807, 2.05) is 18.2 Å². The Labute approximate surface area is 132 Å². The number of carbonyl (C=O) groups is 1. The highest BCUT2D eigenvalue weighted by Gasteiger charge is 2.36. The van der Waals surface area contributed by atoms with Crippen molar-refractivity contribution >= 4 is 21.8 Å². The van der Waals surface area contributed by atoms with Crippen LogP contribution in [0.4, 0.5) is 0 Å². The van der Waals surface area contributed by atoms with Crippen LogP contribution in [0.3, 0.4) is 0 Å². The minimum atomic E-state index is -0.111. The molecule has 1 fully saturated rings. The van der Waals surface area contributed by atoms with Crippen molar-refractivity contribution in [2.45, 2.75) is 25.8 Å². The lowest BCUT2D eigenvalue weighted by molar-refractivity contribution is 0.0769. The molecule has 0 N–H and O–H groups in total. The van der Waals surface area contributed by atoms with Crippen LogP contribution in [0, 0.1) is 5.92 Å². The van der Waals surface area contributed by atoms with Gasteiger partial charge in [0.2, 0.25) is 0 Å². The van der Waals surface area contributed by atoms with Crippen molar-refractivity contribution in [3.8, 4) is 0 Å². The third-order valence-electron chi connectivity index (χ3n) is 3.84. The molecule has 1 aliphatic carbocycles. The molecule has 0 bridgehead atoms. The van der Waals surface area contributed by atoms with Crippen LogP contribution < -0.4 is 0 Å². The van der Waals surface area contributed by atoms with Crippen molar-refractivity contribution in [2.75, 3.05) is 7.05 Å². The Balaban J connectivity index is 1.65. The molecule has 5 heteroatoms. The van der Waals surface area contributed by atoms with Crippen LogP contribution in [-0.4, -0.2) is 22.8 Å². The highest BCUT2D eigenvalue weighted by molar-refractivity contribution is 9.10. The Morgan fingerprint density at radius 2 is 2.19 bits per heavy atom. The third-order valence-corrected chi connectivity index (χ3v) is 4.31. The van der Waals surface area contributed by atoms with E-state index >= 15 is 0 Å². The first-order valence-corrected chi connectivity index (χ1v) is 7.79. The average Bonchev–Trinajstić information content (AvgIpc) is 3.02. The molecular weight excluding hydrogens is 332 g/mol. The largest absolute Gasteiger partial charge is 0.464 e. The number of halogens is 1. The van der Waals surface area contributed by atoms with Gasteiger partial charge in [0, 0.05) is 23.6 Å². The van der Waals surface area contributed by atoms with Crippen molar-refractivity contribution in [3.05, 3.63) is 52.1 Å². The number of rotatable bonds is 4. The molecule has 3 rings (SSSR count). The van der Waals surface area contributed by atoms with Crippen LogP contribution in [0.25, 0.3) is 0 Å². The Bertz CT molecular complexity index is 651. The molecule has 0 spiro atoms. The maximum absolute atomic E-state index is 12.3. The molecule has 4 nitrogen and oxygen atoms in total. The Hall–Kier alpha value is -1.62. The molecule has 0 aliphatic heterocycles. The van der Waals surface area contributed by atoms with E-state index in [9.17, 15) is 4.79 Å². The second-order valence-electron chi connectivity index (χ2n) is 5.65. The van der Waals surface area contributed by atoms with E-state index in [-0.39, 0.29) is 5.91 Å². The quantitative estimate of drug-likeness (QED) is 0.843. The van der Waals surface area contributed by atoms with Gasteiger partial charge in [0.05, 0.1) is 6.54 Å². The van der Waals surface area contributed by atoms with Crippen molar-refractivity contribution < 1.29 is 9.21 Å². The standard InChI is InChI=1S/C16H17BrN2O2/c1-10-7-13(10)15-6-4-12(21-15)9-19(2)16(20)14-5-3-11(17)8-18-14/h3-6,8,10,13H,7,9H2,1-2H3. The van der Waals surface area contributed by atoms with E-state index in [0.29, 0.717) is 18.2 Å². The topological polar surface area (TPSA) is 46.3 Å². The zero-order chi connectivity index (χ0) is 15.0. The number of aromatic nitrogens is 1. The smallest absolute Gasteiger partial charge is 0.272 e. The van der Waals surface area contributed by atoms with Gasteiger partial charge in [0.15, 0.2) is 0 Å². The molecule has 0 aromatic carbocycles. The van der Waals surface area contributed by atoms with E-state index < -0.39 is 0 Å². The molecule has 110 valence electrons. The first kappa shape index (κ1) is 14.3. The first-order chi connectivity index (χ1) is 10.0. The van der Waals surface area contributed by atoms with Crippen molar-refractivity contribution in [1.82, 2.24) is 9.88 Å². The van der Waals surface area contributed by atoms with Gasteiger partial charge in [0.25, 0.3) is 5.91 Å². The van der Waals surface area contributed by atoms with Gasteiger partial charge in [-0.25, -0.2) is 4.98 Å². The Morgan fingerprint density at radius 1 is 1.43 bits per heavy atom. The molecule has 1 saturated carbocycles. The predicted molar refractivity (Wildman–Crippen MR) is 83.0 cm³/mol. The lowest BCUT2D eigenvalue weighted by Crippen LogP contribution is -2.26. The van der Waals surface area contributed by atoms with Gasteiger partial charge in [0.1, 0.15) is 17.2 Å².